The van der Waals surface area contributed by atoms with Gasteiger partial charge in [-0.15, -0.1) is 5.01 Å². The summed E-state index contributed by atoms with van der Waals surface area (Å²) in [6, 6.07) is 8.91. The van der Waals surface area contributed by atoms with Crippen LogP contribution in [0.3, 0.4) is 0 Å². The predicted octanol–water partition coefficient (Wildman–Crippen LogP) is 0.603. The van der Waals surface area contributed by atoms with Gasteiger partial charge in [0.2, 0.25) is 0 Å². The van der Waals surface area contributed by atoms with Crippen LogP contribution >= 0.6 is 0 Å². The Morgan fingerprint density at radius 3 is 2.33 bits per heavy atom. The van der Waals surface area contributed by atoms with Gasteiger partial charge in [0.05, 0.1) is 6.54 Å². The summed E-state index contributed by atoms with van der Waals surface area (Å²) < 4.78 is 0. The number of nitrogens with zero attached hydrogens (tertiary/aromatic N) is 4. The van der Waals surface area contributed by atoms with Crippen LogP contribution in [0.2, 0.25) is 0 Å². The molecule has 8 nitrogen and oxygen atoms in total. The van der Waals surface area contributed by atoms with Crippen molar-refractivity contribution in [2.24, 2.45) is 0 Å². The van der Waals surface area contributed by atoms with E-state index in [0.717, 1.165) is 5.01 Å². The van der Waals surface area contributed by atoms with E-state index >= 15 is 0 Å². The molecule has 0 aliphatic carbocycles. The third-order valence-corrected chi connectivity index (χ3v) is 2.89. The second kappa shape index (κ2) is 4.86. The zero-order chi connectivity index (χ0) is 13.1. The third kappa shape index (κ3) is 2.31. The standard InChI is InChI=1S/C10H12N4O4/c15-13(16)10-8-11(14(17)18)6-7-12(10)9-4-2-1-3-5-9/h1-5,10H,6-8H2. The molecule has 1 atom stereocenters. The van der Waals surface area contributed by atoms with E-state index in [-0.39, 0.29) is 19.6 Å². The van der Waals surface area contributed by atoms with Crippen LogP contribution in [-0.4, -0.2) is 40.8 Å². The summed E-state index contributed by atoms with van der Waals surface area (Å²) in [5.41, 5.74) is 0.710. The quantitative estimate of drug-likeness (QED) is 0.577. The monoisotopic (exact) mass is 252 g/mol. The lowest BCUT2D eigenvalue weighted by Crippen LogP contribution is -2.57. The van der Waals surface area contributed by atoms with Crippen molar-refractivity contribution >= 4 is 5.69 Å². The van der Waals surface area contributed by atoms with Crippen LogP contribution in [0.25, 0.3) is 0 Å². The van der Waals surface area contributed by atoms with Gasteiger partial charge in [0.15, 0.2) is 11.6 Å². The third-order valence-electron chi connectivity index (χ3n) is 2.89. The van der Waals surface area contributed by atoms with Crippen molar-refractivity contribution in [2.45, 2.75) is 6.17 Å². The maximum absolute atomic E-state index is 11.0. The molecule has 0 spiro atoms. The molecule has 0 bridgehead atoms. The first-order valence-electron chi connectivity index (χ1n) is 5.44. The van der Waals surface area contributed by atoms with Crippen molar-refractivity contribution in [3.05, 3.63) is 50.6 Å². The Bertz CT molecular complexity index is 452. The first kappa shape index (κ1) is 12.1. The van der Waals surface area contributed by atoms with Crippen molar-refractivity contribution in [3.63, 3.8) is 0 Å². The minimum atomic E-state index is -1.09. The molecule has 1 heterocycles. The Hall–Kier alpha value is -2.38. The molecule has 96 valence electrons. The van der Waals surface area contributed by atoms with Crippen molar-refractivity contribution in [2.75, 3.05) is 24.5 Å². The number of nitro groups is 2. The van der Waals surface area contributed by atoms with Gasteiger partial charge in [0.1, 0.15) is 0 Å². The molecule has 1 saturated heterocycles. The molecule has 0 amide bonds. The number of para-hydroxylation sites is 1. The lowest BCUT2D eigenvalue weighted by molar-refractivity contribution is -0.670. The average Bonchev–Trinajstić information content (AvgIpc) is 2.39. The van der Waals surface area contributed by atoms with E-state index in [0.29, 0.717) is 5.69 Å². The summed E-state index contributed by atoms with van der Waals surface area (Å²) >= 11 is 0. The Labute approximate surface area is 103 Å². The molecular weight excluding hydrogens is 240 g/mol. The number of rotatable bonds is 3. The number of benzene rings is 1. The van der Waals surface area contributed by atoms with E-state index in [1.54, 1.807) is 29.2 Å². The summed E-state index contributed by atoms with van der Waals surface area (Å²) in [4.78, 5) is 22.8. The second-order valence-corrected chi connectivity index (χ2v) is 3.95. The maximum Gasteiger partial charge on any atom is 0.310 e. The van der Waals surface area contributed by atoms with Crippen molar-refractivity contribution in [1.82, 2.24) is 5.01 Å². The molecule has 1 aliphatic rings. The van der Waals surface area contributed by atoms with Gasteiger partial charge in [-0.1, -0.05) is 18.2 Å². The molecule has 0 saturated carbocycles. The van der Waals surface area contributed by atoms with Crippen LogP contribution < -0.4 is 4.90 Å². The van der Waals surface area contributed by atoms with Gasteiger partial charge in [-0.2, -0.15) is 0 Å². The number of hydrazine groups is 1. The zero-order valence-electron chi connectivity index (χ0n) is 9.51. The van der Waals surface area contributed by atoms with Crippen LogP contribution in [0.15, 0.2) is 30.3 Å². The number of hydrogen-bond donors (Lipinski definition) is 0. The molecule has 2 rings (SSSR count). The maximum atomic E-state index is 11.0. The largest absolute Gasteiger partial charge is 0.310 e. The van der Waals surface area contributed by atoms with E-state index in [1.165, 1.54) is 0 Å². The van der Waals surface area contributed by atoms with Crippen LogP contribution in [0.5, 0.6) is 0 Å². The van der Waals surface area contributed by atoms with E-state index in [2.05, 4.69) is 0 Å². The smallest absolute Gasteiger partial charge is 0.306 e. The van der Waals surface area contributed by atoms with Crippen LogP contribution in [0.1, 0.15) is 0 Å². The van der Waals surface area contributed by atoms with Gasteiger partial charge in [-0.25, -0.2) is 10.1 Å². The van der Waals surface area contributed by atoms with Crippen LogP contribution in [0.4, 0.5) is 5.69 Å². The second-order valence-electron chi connectivity index (χ2n) is 3.95. The summed E-state index contributed by atoms with van der Waals surface area (Å²) in [6.45, 7) is 0.220. The molecule has 0 N–H and O–H groups in total. The Kier molecular flexibility index (Phi) is 3.26. The Balaban J connectivity index is 2.21. The minimum absolute atomic E-state index is 0.173. The fourth-order valence-corrected chi connectivity index (χ4v) is 2.00. The lowest BCUT2D eigenvalue weighted by Gasteiger charge is -2.33. The highest BCUT2D eigenvalue weighted by molar-refractivity contribution is 5.46. The van der Waals surface area contributed by atoms with Gasteiger partial charge < -0.3 is 4.90 Å². The lowest BCUT2D eigenvalue weighted by atomic mass is 10.2. The van der Waals surface area contributed by atoms with Gasteiger partial charge in [-0.3, -0.25) is 10.1 Å². The molecule has 0 radical (unpaired) electrons. The van der Waals surface area contributed by atoms with Gasteiger partial charge in [0, 0.05) is 17.2 Å². The molecule has 1 aromatic carbocycles. The van der Waals surface area contributed by atoms with Crippen LogP contribution in [-0.2, 0) is 0 Å². The van der Waals surface area contributed by atoms with Crippen molar-refractivity contribution in [1.29, 1.82) is 0 Å². The van der Waals surface area contributed by atoms with Gasteiger partial charge in [-0.05, 0) is 12.1 Å². The topological polar surface area (TPSA) is 92.8 Å². The highest BCUT2D eigenvalue weighted by Gasteiger charge is 2.39. The summed E-state index contributed by atoms with van der Waals surface area (Å²) in [5.74, 6) is 0. The Morgan fingerprint density at radius 2 is 1.78 bits per heavy atom. The highest BCUT2D eigenvalue weighted by atomic mass is 16.7. The van der Waals surface area contributed by atoms with Gasteiger partial charge in [0.25, 0.3) is 0 Å². The molecule has 1 aliphatic heterocycles. The number of piperazine rings is 1. The zero-order valence-corrected chi connectivity index (χ0v) is 9.51. The molecule has 1 fully saturated rings. The number of hydrogen-bond acceptors (Lipinski definition) is 5. The first-order chi connectivity index (χ1) is 8.59. The first-order valence-corrected chi connectivity index (χ1v) is 5.44. The fraction of sp³-hybridized carbons (Fsp3) is 0.400. The van der Waals surface area contributed by atoms with E-state index in [9.17, 15) is 20.2 Å². The van der Waals surface area contributed by atoms with Crippen LogP contribution in [0, 0.1) is 20.2 Å². The molecular formula is C10H12N4O4. The average molecular weight is 252 g/mol. The minimum Gasteiger partial charge on any atom is -0.306 e. The number of anilines is 1. The molecule has 18 heavy (non-hydrogen) atoms. The van der Waals surface area contributed by atoms with Crippen molar-refractivity contribution in [3.8, 4) is 0 Å². The molecule has 0 aromatic heterocycles. The normalized spacial score (nSPS) is 19.7. The predicted molar refractivity (Wildman–Crippen MR) is 63.1 cm³/mol. The fourth-order valence-electron chi connectivity index (χ4n) is 2.00. The van der Waals surface area contributed by atoms with E-state index in [1.807, 2.05) is 6.07 Å². The SMILES string of the molecule is O=[N+]([O-])C1CN([N+](=O)[O-])CCN1c1ccccc1. The molecule has 1 aromatic rings. The highest BCUT2D eigenvalue weighted by Crippen LogP contribution is 2.20. The van der Waals surface area contributed by atoms with Gasteiger partial charge >= 0.3 is 6.17 Å². The summed E-state index contributed by atoms with van der Waals surface area (Å²) in [5, 5.41) is 22.0. The Morgan fingerprint density at radius 1 is 1.11 bits per heavy atom. The summed E-state index contributed by atoms with van der Waals surface area (Å²) in [6.07, 6.45) is -1.09. The van der Waals surface area contributed by atoms with E-state index in [4.69, 9.17) is 0 Å². The molecule has 1 unspecified atom stereocenters. The van der Waals surface area contributed by atoms with E-state index < -0.39 is 16.1 Å². The molecule has 8 heteroatoms. The van der Waals surface area contributed by atoms with Crippen molar-refractivity contribution < 1.29 is 9.96 Å². The summed E-state index contributed by atoms with van der Waals surface area (Å²) in [7, 11) is 0.